The predicted molar refractivity (Wildman–Crippen MR) is 78.1 cm³/mol. The molecule has 0 bridgehead atoms. The van der Waals surface area contributed by atoms with Gasteiger partial charge in [-0.15, -0.1) is 11.3 Å². The molecule has 3 N–H and O–H groups in total. The van der Waals surface area contributed by atoms with Crippen LogP contribution in [-0.2, 0) is 6.54 Å². The Morgan fingerprint density at radius 2 is 2.16 bits per heavy atom. The molecule has 0 spiro atoms. The average molecular weight is 281 g/mol. The van der Waals surface area contributed by atoms with Crippen LogP contribution < -0.4 is 11.1 Å². The molecule has 0 aliphatic heterocycles. The van der Waals surface area contributed by atoms with Crippen LogP contribution in [0, 0.1) is 5.92 Å². The highest BCUT2D eigenvalue weighted by Crippen LogP contribution is 2.25. The van der Waals surface area contributed by atoms with Gasteiger partial charge in [0.15, 0.2) is 0 Å². The van der Waals surface area contributed by atoms with Gasteiger partial charge in [0.2, 0.25) is 0 Å². The van der Waals surface area contributed by atoms with Crippen LogP contribution in [-0.4, -0.2) is 16.9 Å². The summed E-state index contributed by atoms with van der Waals surface area (Å²) in [6, 6.07) is 0.230. The molecule has 0 saturated heterocycles. The standard InChI is InChI=1S/C14H23N3OS/c1-10(11-6-4-2-3-5-7-11)16-14(18)12-9-19-13(8-15)17-12/h9-11H,2-8,15H2,1H3,(H,16,18)/t10-/m1/s1. The molecule has 1 aliphatic rings. The van der Waals surface area contributed by atoms with Crippen LogP contribution in [0.15, 0.2) is 5.38 Å². The molecular weight excluding hydrogens is 258 g/mol. The van der Waals surface area contributed by atoms with E-state index in [1.54, 1.807) is 5.38 Å². The van der Waals surface area contributed by atoms with E-state index < -0.39 is 0 Å². The number of carbonyl (C=O) groups is 1. The third kappa shape index (κ3) is 4.01. The summed E-state index contributed by atoms with van der Waals surface area (Å²) < 4.78 is 0. The van der Waals surface area contributed by atoms with E-state index >= 15 is 0 Å². The maximum atomic E-state index is 12.1. The second kappa shape index (κ2) is 7.01. The van der Waals surface area contributed by atoms with E-state index in [0.29, 0.717) is 18.2 Å². The van der Waals surface area contributed by atoms with Crippen LogP contribution in [0.1, 0.15) is 60.9 Å². The van der Waals surface area contributed by atoms with Crippen molar-refractivity contribution in [2.45, 2.75) is 58.0 Å². The fourth-order valence-corrected chi connectivity index (χ4v) is 3.37. The van der Waals surface area contributed by atoms with Gasteiger partial charge in [-0.25, -0.2) is 4.98 Å². The topological polar surface area (TPSA) is 68.0 Å². The van der Waals surface area contributed by atoms with Gasteiger partial charge in [-0.1, -0.05) is 25.7 Å². The summed E-state index contributed by atoms with van der Waals surface area (Å²) >= 11 is 1.45. The van der Waals surface area contributed by atoms with Crippen LogP contribution >= 0.6 is 11.3 Å². The molecule has 0 radical (unpaired) electrons. The van der Waals surface area contributed by atoms with Crippen LogP contribution in [0.25, 0.3) is 0 Å². The van der Waals surface area contributed by atoms with Gasteiger partial charge in [0.1, 0.15) is 10.7 Å². The molecule has 0 unspecified atom stereocenters. The number of hydrogen-bond donors (Lipinski definition) is 2. The molecule has 4 nitrogen and oxygen atoms in total. The third-order valence-corrected chi connectivity index (χ3v) is 4.80. The molecule has 2 rings (SSSR count). The first-order valence-corrected chi connectivity index (χ1v) is 8.04. The summed E-state index contributed by atoms with van der Waals surface area (Å²) in [5.74, 6) is 0.548. The molecule has 1 amide bonds. The largest absolute Gasteiger partial charge is 0.348 e. The SMILES string of the molecule is C[C@@H](NC(=O)c1csc(CN)n1)C1CCCCCC1. The first kappa shape index (κ1) is 14.5. The first-order valence-electron chi connectivity index (χ1n) is 7.16. The monoisotopic (exact) mass is 281 g/mol. The van der Waals surface area contributed by atoms with Crippen LogP contribution in [0.5, 0.6) is 0 Å². The number of rotatable bonds is 4. The van der Waals surface area contributed by atoms with Gasteiger partial charge in [-0.3, -0.25) is 4.79 Å². The van der Waals surface area contributed by atoms with E-state index in [1.165, 1.54) is 49.9 Å². The maximum Gasteiger partial charge on any atom is 0.270 e. The van der Waals surface area contributed by atoms with Crippen molar-refractivity contribution in [1.82, 2.24) is 10.3 Å². The Morgan fingerprint density at radius 3 is 2.74 bits per heavy atom. The van der Waals surface area contributed by atoms with Crippen molar-refractivity contribution >= 4 is 17.2 Å². The Kier molecular flexibility index (Phi) is 5.34. The van der Waals surface area contributed by atoms with Gasteiger partial charge in [-0.05, 0) is 25.7 Å². The maximum absolute atomic E-state index is 12.1. The summed E-state index contributed by atoms with van der Waals surface area (Å²) in [4.78, 5) is 16.3. The van der Waals surface area contributed by atoms with Gasteiger partial charge in [0.25, 0.3) is 5.91 Å². The summed E-state index contributed by atoms with van der Waals surface area (Å²) in [7, 11) is 0. The predicted octanol–water partition coefficient (Wildman–Crippen LogP) is 2.69. The van der Waals surface area contributed by atoms with Gasteiger partial charge in [-0.2, -0.15) is 0 Å². The number of hydrogen-bond acceptors (Lipinski definition) is 4. The van der Waals surface area contributed by atoms with Crippen LogP contribution in [0.3, 0.4) is 0 Å². The Balaban J connectivity index is 1.90. The smallest absolute Gasteiger partial charge is 0.270 e. The Labute approximate surface area is 118 Å². The van der Waals surface area contributed by atoms with Gasteiger partial charge < -0.3 is 11.1 Å². The van der Waals surface area contributed by atoms with Crippen molar-refractivity contribution in [2.75, 3.05) is 0 Å². The van der Waals surface area contributed by atoms with Gasteiger partial charge in [0.05, 0.1) is 0 Å². The zero-order valence-corrected chi connectivity index (χ0v) is 12.3. The summed E-state index contributed by atoms with van der Waals surface area (Å²) in [5, 5.41) is 5.70. The quantitative estimate of drug-likeness (QED) is 0.834. The molecule has 5 heteroatoms. The lowest BCUT2D eigenvalue weighted by molar-refractivity contribution is 0.0919. The number of nitrogens with two attached hydrogens (primary N) is 1. The average Bonchev–Trinajstić information content (AvgIpc) is 2.73. The molecular formula is C14H23N3OS. The Bertz CT molecular complexity index is 411. The minimum atomic E-state index is -0.0623. The summed E-state index contributed by atoms with van der Waals surface area (Å²) in [6.45, 7) is 2.51. The third-order valence-electron chi connectivity index (χ3n) is 3.92. The number of aromatic nitrogens is 1. The van der Waals surface area contributed by atoms with Crippen molar-refractivity contribution in [3.8, 4) is 0 Å². The van der Waals surface area contributed by atoms with E-state index in [1.807, 2.05) is 0 Å². The Morgan fingerprint density at radius 1 is 1.47 bits per heavy atom. The number of thiazole rings is 1. The van der Waals surface area contributed by atoms with E-state index in [9.17, 15) is 4.79 Å². The molecule has 1 aromatic heterocycles. The van der Waals surface area contributed by atoms with E-state index in [2.05, 4.69) is 17.2 Å². The number of nitrogens with zero attached hydrogens (tertiary/aromatic N) is 1. The van der Waals surface area contributed by atoms with Crippen molar-refractivity contribution < 1.29 is 4.79 Å². The zero-order chi connectivity index (χ0) is 13.7. The highest BCUT2D eigenvalue weighted by molar-refractivity contribution is 7.09. The highest BCUT2D eigenvalue weighted by Gasteiger charge is 2.21. The minimum absolute atomic E-state index is 0.0623. The number of amides is 1. The molecule has 0 aromatic carbocycles. The van der Waals surface area contributed by atoms with E-state index in [0.717, 1.165) is 5.01 Å². The van der Waals surface area contributed by atoms with Crippen molar-refractivity contribution in [1.29, 1.82) is 0 Å². The fourth-order valence-electron chi connectivity index (χ4n) is 2.72. The van der Waals surface area contributed by atoms with Crippen molar-refractivity contribution in [3.05, 3.63) is 16.1 Å². The normalized spacial score (nSPS) is 18.8. The van der Waals surface area contributed by atoms with Gasteiger partial charge in [0, 0.05) is 18.0 Å². The summed E-state index contributed by atoms with van der Waals surface area (Å²) in [5.41, 5.74) is 6.02. The number of nitrogens with one attached hydrogen (secondary N) is 1. The van der Waals surface area contributed by atoms with E-state index in [-0.39, 0.29) is 11.9 Å². The molecule has 1 fully saturated rings. The fraction of sp³-hybridized carbons (Fsp3) is 0.714. The second-order valence-corrected chi connectivity index (χ2v) is 6.29. The van der Waals surface area contributed by atoms with Crippen molar-refractivity contribution in [3.63, 3.8) is 0 Å². The van der Waals surface area contributed by atoms with Crippen LogP contribution in [0.4, 0.5) is 0 Å². The highest BCUT2D eigenvalue weighted by atomic mass is 32.1. The van der Waals surface area contributed by atoms with Crippen molar-refractivity contribution in [2.24, 2.45) is 11.7 Å². The molecule has 1 atom stereocenters. The molecule has 106 valence electrons. The summed E-state index contributed by atoms with van der Waals surface area (Å²) in [6.07, 6.45) is 7.71. The first-order chi connectivity index (χ1) is 9.20. The number of carbonyl (C=O) groups excluding carboxylic acids is 1. The molecule has 19 heavy (non-hydrogen) atoms. The van der Waals surface area contributed by atoms with Crippen LogP contribution in [0.2, 0.25) is 0 Å². The zero-order valence-electron chi connectivity index (χ0n) is 11.5. The molecule has 1 heterocycles. The Hall–Kier alpha value is -0.940. The van der Waals surface area contributed by atoms with E-state index in [4.69, 9.17) is 5.73 Å². The molecule has 1 aliphatic carbocycles. The lowest BCUT2D eigenvalue weighted by Crippen LogP contribution is -2.38. The minimum Gasteiger partial charge on any atom is -0.348 e. The second-order valence-electron chi connectivity index (χ2n) is 5.34. The molecule has 1 aromatic rings. The van der Waals surface area contributed by atoms with Gasteiger partial charge >= 0.3 is 0 Å². The lowest BCUT2D eigenvalue weighted by Gasteiger charge is -2.23. The molecule has 1 saturated carbocycles. The lowest BCUT2D eigenvalue weighted by atomic mass is 9.93.